The number of piperidine rings is 1. The number of nitrogens with zero attached hydrogens (tertiary/aromatic N) is 1. The van der Waals surface area contributed by atoms with Gasteiger partial charge in [-0.2, -0.15) is 0 Å². The summed E-state index contributed by atoms with van der Waals surface area (Å²) in [5.74, 6) is 0.849. The summed E-state index contributed by atoms with van der Waals surface area (Å²) in [5, 5.41) is 3.09. The number of hydrogen-bond donors (Lipinski definition) is 2. The van der Waals surface area contributed by atoms with Gasteiger partial charge in [0.1, 0.15) is 5.75 Å². The summed E-state index contributed by atoms with van der Waals surface area (Å²) < 4.78 is 5.41. The van der Waals surface area contributed by atoms with E-state index in [1.807, 2.05) is 25.1 Å². The van der Waals surface area contributed by atoms with E-state index in [9.17, 15) is 4.79 Å². The molecule has 21 heavy (non-hydrogen) atoms. The Morgan fingerprint density at radius 1 is 1.43 bits per heavy atom. The summed E-state index contributed by atoms with van der Waals surface area (Å²) in [6.45, 7) is 4.09. The van der Waals surface area contributed by atoms with Crippen LogP contribution in [-0.2, 0) is 4.79 Å². The van der Waals surface area contributed by atoms with Crippen LogP contribution in [0.25, 0.3) is 0 Å². The highest BCUT2D eigenvalue weighted by atomic mass is 16.5. The van der Waals surface area contributed by atoms with E-state index >= 15 is 0 Å². The molecule has 1 saturated heterocycles. The van der Waals surface area contributed by atoms with Gasteiger partial charge in [-0.1, -0.05) is 19.1 Å². The van der Waals surface area contributed by atoms with Crippen molar-refractivity contribution < 1.29 is 9.53 Å². The van der Waals surface area contributed by atoms with Gasteiger partial charge in [-0.3, -0.25) is 4.79 Å². The zero-order valence-corrected chi connectivity index (χ0v) is 12.8. The maximum absolute atomic E-state index is 11.9. The molecule has 1 aliphatic heterocycles. The van der Waals surface area contributed by atoms with E-state index in [2.05, 4.69) is 16.3 Å². The van der Waals surface area contributed by atoms with Gasteiger partial charge in [0.25, 0.3) is 0 Å². The quantitative estimate of drug-likeness (QED) is 0.860. The Kier molecular flexibility index (Phi) is 5.44. The standard InChI is InChI=1S/C16H25N3O2/c1-12(11-17)16(20)18-13-7-9-19(10-8-13)14-5-3-4-6-15(14)21-2/h3-6,12-13H,7-11,17H2,1-2H3,(H,18,20). The van der Waals surface area contributed by atoms with E-state index in [0.717, 1.165) is 37.4 Å². The molecule has 1 aromatic rings. The Labute approximate surface area is 126 Å². The zero-order valence-electron chi connectivity index (χ0n) is 12.8. The third-order valence-electron chi connectivity index (χ3n) is 4.07. The van der Waals surface area contributed by atoms with Crippen LogP contribution in [0, 0.1) is 5.92 Å². The first-order chi connectivity index (χ1) is 10.2. The third-order valence-corrected chi connectivity index (χ3v) is 4.07. The molecule has 0 bridgehead atoms. The molecule has 0 aliphatic carbocycles. The van der Waals surface area contributed by atoms with Gasteiger partial charge in [-0.15, -0.1) is 0 Å². The highest BCUT2D eigenvalue weighted by Crippen LogP contribution is 2.29. The molecule has 1 fully saturated rings. The molecule has 1 atom stereocenters. The van der Waals surface area contributed by atoms with Crippen LogP contribution in [0.1, 0.15) is 19.8 Å². The first-order valence-electron chi connectivity index (χ1n) is 7.54. The molecule has 1 unspecified atom stereocenters. The Morgan fingerprint density at radius 2 is 2.10 bits per heavy atom. The summed E-state index contributed by atoms with van der Waals surface area (Å²) in [5.41, 5.74) is 6.65. The monoisotopic (exact) mass is 291 g/mol. The molecule has 116 valence electrons. The van der Waals surface area contributed by atoms with E-state index in [-0.39, 0.29) is 17.9 Å². The molecule has 1 aromatic carbocycles. The van der Waals surface area contributed by atoms with Crippen molar-refractivity contribution in [2.24, 2.45) is 11.7 Å². The van der Waals surface area contributed by atoms with Crippen LogP contribution in [0.15, 0.2) is 24.3 Å². The summed E-state index contributed by atoms with van der Waals surface area (Å²) >= 11 is 0. The van der Waals surface area contributed by atoms with Gasteiger partial charge >= 0.3 is 0 Å². The minimum Gasteiger partial charge on any atom is -0.495 e. The number of rotatable bonds is 5. The Bertz CT molecular complexity index is 470. The van der Waals surface area contributed by atoms with Gasteiger partial charge in [0.2, 0.25) is 5.91 Å². The Balaban J connectivity index is 1.90. The number of nitrogens with two attached hydrogens (primary N) is 1. The van der Waals surface area contributed by atoms with Crippen molar-refractivity contribution in [3.05, 3.63) is 24.3 Å². The summed E-state index contributed by atoms with van der Waals surface area (Å²) in [4.78, 5) is 14.2. The van der Waals surface area contributed by atoms with E-state index in [4.69, 9.17) is 10.5 Å². The molecule has 1 heterocycles. The number of ether oxygens (including phenoxy) is 1. The van der Waals surface area contributed by atoms with Crippen molar-refractivity contribution in [2.45, 2.75) is 25.8 Å². The normalized spacial score (nSPS) is 17.4. The molecule has 1 aliphatic rings. The lowest BCUT2D eigenvalue weighted by Crippen LogP contribution is -2.47. The van der Waals surface area contributed by atoms with Crippen molar-refractivity contribution in [3.63, 3.8) is 0 Å². The SMILES string of the molecule is COc1ccccc1N1CCC(NC(=O)C(C)CN)CC1. The second-order valence-corrected chi connectivity index (χ2v) is 5.58. The van der Waals surface area contributed by atoms with Crippen LogP contribution in [-0.4, -0.2) is 38.7 Å². The molecule has 0 spiro atoms. The number of para-hydroxylation sites is 2. The number of carbonyl (C=O) groups is 1. The van der Waals surface area contributed by atoms with E-state index in [1.165, 1.54) is 0 Å². The maximum atomic E-state index is 11.9. The zero-order chi connectivity index (χ0) is 15.2. The molecule has 1 amide bonds. The van der Waals surface area contributed by atoms with E-state index in [0.29, 0.717) is 6.54 Å². The van der Waals surface area contributed by atoms with Gasteiger partial charge in [-0.05, 0) is 25.0 Å². The second-order valence-electron chi connectivity index (χ2n) is 5.58. The van der Waals surface area contributed by atoms with E-state index in [1.54, 1.807) is 7.11 Å². The summed E-state index contributed by atoms with van der Waals surface area (Å²) in [6.07, 6.45) is 1.89. The van der Waals surface area contributed by atoms with E-state index < -0.39 is 0 Å². The first kappa shape index (κ1) is 15.6. The molecule has 0 saturated carbocycles. The van der Waals surface area contributed by atoms with Gasteiger partial charge in [0.05, 0.1) is 12.8 Å². The van der Waals surface area contributed by atoms with Crippen molar-refractivity contribution in [1.29, 1.82) is 0 Å². The highest BCUT2D eigenvalue weighted by molar-refractivity contribution is 5.78. The molecule has 0 aromatic heterocycles. The lowest BCUT2D eigenvalue weighted by atomic mass is 10.0. The van der Waals surface area contributed by atoms with Crippen LogP contribution in [0.4, 0.5) is 5.69 Å². The molecule has 0 radical (unpaired) electrons. The summed E-state index contributed by atoms with van der Waals surface area (Å²) in [6, 6.07) is 8.30. The smallest absolute Gasteiger partial charge is 0.224 e. The van der Waals surface area contributed by atoms with Crippen molar-refractivity contribution in [1.82, 2.24) is 5.32 Å². The molecule has 2 rings (SSSR count). The van der Waals surface area contributed by atoms with Gasteiger partial charge in [0.15, 0.2) is 0 Å². The minimum absolute atomic E-state index is 0.0632. The number of benzene rings is 1. The fourth-order valence-corrected chi connectivity index (χ4v) is 2.61. The average molecular weight is 291 g/mol. The van der Waals surface area contributed by atoms with Gasteiger partial charge in [-0.25, -0.2) is 0 Å². The number of methoxy groups -OCH3 is 1. The predicted octanol–water partition coefficient (Wildman–Crippen LogP) is 1.37. The largest absolute Gasteiger partial charge is 0.495 e. The van der Waals surface area contributed by atoms with Crippen LogP contribution >= 0.6 is 0 Å². The number of nitrogens with one attached hydrogen (secondary N) is 1. The van der Waals surface area contributed by atoms with Crippen molar-refractivity contribution >= 4 is 11.6 Å². The highest BCUT2D eigenvalue weighted by Gasteiger charge is 2.23. The van der Waals surface area contributed by atoms with Crippen LogP contribution < -0.4 is 20.7 Å². The molecular weight excluding hydrogens is 266 g/mol. The second kappa shape index (κ2) is 7.31. The van der Waals surface area contributed by atoms with Crippen molar-refractivity contribution in [3.8, 4) is 5.75 Å². The maximum Gasteiger partial charge on any atom is 0.224 e. The lowest BCUT2D eigenvalue weighted by Gasteiger charge is -2.35. The Morgan fingerprint density at radius 3 is 2.71 bits per heavy atom. The van der Waals surface area contributed by atoms with Gasteiger partial charge < -0.3 is 20.7 Å². The molecule has 5 nitrogen and oxygen atoms in total. The number of anilines is 1. The van der Waals surface area contributed by atoms with Crippen LogP contribution in [0.5, 0.6) is 5.75 Å². The minimum atomic E-state index is -0.114. The van der Waals surface area contributed by atoms with Crippen LogP contribution in [0.3, 0.4) is 0 Å². The number of hydrogen-bond acceptors (Lipinski definition) is 4. The molecular formula is C16H25N3O2. The lowest BCUT2D eigenvalue weighted by molar-refractivity contribution is -0.125. The fourth-order valence-electron chi connectivity index (χ4n) is 2.61. The predicted molar refractivity (Wildman–Crippen MR) is 84.6 cm³/mol. The third kappa shape index (κ3) is 3.88. The molecule has 3 N–H and O–H groups in total. The summed E-state index contributed by atoms with van der Waals surface area (Å²) in [7, 11) is 1.69. The van der Waals surface area contributed by atoms with Gasteiger partial charge in [0, 0.05) is 31.6 Å². The van der Waals surface area contributed by atoms with Crippen molar-refractivity contribution in [2.75, 3.05) is 31.6 Å². The first-order valence-corrected chi connectivity index (χ1v) is 7.54. The molecule has 5 heteroatoms. The number of carbonyl (C=O) groups excluding carboxylic acids is 1. The average Bonchev–Trinajstić information content (AvgIpc) is 2.54. The number of amides is 1. The van der Waals surface area contributed by atoms with Crippen LogP contribution in [0.2, 0.25) is 0 Å². The topological polar surface area (TPSA) is 67.6 Å². The fraction of sp³-hybridized carbons (Fsp3) is 0.562. The Hall–Kier alpha value is -1.75.